The van der Waals surface area contributed by atoms with Crippen LogP contribution >= 0.6 is 0 Å². The maximum Gasteiger partial charge on any atom is 0.0886 e. The average Bonchev–Trinajstić information content (AvgIpc) is 2.34. The second kappa shape index (κ2) is 7.26. The molecule has 92 valence electrons. The van der Waals surface area contributed by atoms with Gasteiger partial charge in [0.25, 0.3) is 0 Å². The van der Waals surface area contributed by atoms with E-state index in [1.807, 2.05) is 44.2 Å². The molecule has 0 N–H and O–H groups in total. The largest absolute Gasteiger partial charge is 0.249 e. The smallest absolute Gasteiger partial charge is 0.0886 e. The fourth-order valence-electron chi connectivity index (χ4n) is 1.52. The molecule has 1 nitrogen and oxygen atoms in total. The summed E-state index contributed by atoms with van der Waals surface area (Å²) in [6.45, 7) is 6.09. The summed E-state index contributed by atoms with van der Waals surface area (Å²) >= 11 is 0. The van der Waals surface area contributed by atoms with Crippen LogP contribution in [0, 0.1) is 6.92 Å². The molecule has 17 heavy (non-hydrogen) atoms. The molecule has 1 aromatic carbocycles. The zero-order valence-electron chi connectivity index (χ0n) is 10.8. The number of rotatable bonds is 5. The molecule has 0 saturated carbocycles. The number of unbranched alkanes of at least 4 members (excludes halogenated alkanes) is 1. The molecular weight excluding hydrogens is 228 g/mol. The zero-order chi connectivity index (χ0) is 12.7. The van der Waals surface area contributed by atoms with Crippen LogP contribution in [0.15, 0.2) is 45.9 Å². The Kier molecular flexibility index (Phi) is 5.96. The van der Waals surface area contributed by atoms with Gasteiger partial charge >= 0.3 is 0 Å². The molecule has 0 heterocycles. The molecule has 1 rings (SSSR count). The standard InChI is InChI=1S/C15H20OS/c1-4-6-8-14(7-5-2)17(16)15-11-9-13(3)10-12-15/h5,9-12H,4,6,8H2,1-3H3. The molecule has 0 aliphatic rings. The Morgan fingerprint density at radius 2 is 2.00 bits per heavy atom. The Hall–Kier alpha value is -1.11. The highest BCUT2D eigenvalue weighted by Gasteiger charge is 2.09. The number of hydrogen-bond donors (Lipinski definition) is 0. The molecule has 0 amide bonds. The van der Waals surface area contributed by atoms with Crippen molar-refractivity contribution in [2.24, 2.45) is 0 Å². The Balaban J connectivity index is 2.92. The first kappa shape index (κ1) is 14.0. The summed E-state index contributed by atoms with van der Waals surface area (Å²) in [5, 5.41) is 0. The molecule has 0 saturated heterocycles. The second-order valence-corrected chi connectivity index (χ2v) is 5.54. The first-order valence-electron chi connectivity index (χ1n) is 6.07. The lowest BCUT2D eigenvalue weighted by molar-refractivity contribution is 0.683. The Labute approximate surface area is 107 Å². The molecule has 0 aliphatic heterocycles. The predicted octanol–water partition coefficient (Wildman–Crippen LogP) is 4.35. The molecule has 1 atom stereocenters. The van der Waals surface area contributed by atoms with Gasteiger partial charge in [0.15, 0.2) is 0 Å². The molecule has 1 aromatic rings. The highest BCUT2D eigenvalue weighted by Crippen LogP contribution is 2.19. The van der Waals surface area contributed by atoms with Crippen molar-refractivity contribution in [3.8, 4) is 0 Å². The van der Waals surface area contributed by atoms with Gasteiger partial charge in [0, 0.05) is 4.90 Å². The Bertz CT molecular complexity index is 436. The van der Waals surface area contributed by atoms with Gasteiger partial charge in [0.05, 0.1) is 15.7 Å². The summed E-state index contributed by atoms with van der Waals surface area (Å²) in [5.74, 6) is 0. The van der Waals surface area contributed by atoms with Crippen molar-refractivity contribution in [3.05, 3.63) is 46.5 Å². The minimum atomic E-state index is -1.06. The van der Waals surface area contributed by atoms with Crippen LogP contribution in [0.3, 0.4) is 0 Å². The van der Waals surface area contributed by atoms with Crippen LogP contribution in [0.5, 0.6) is 0 Å². The van der Waals surface area contributed by atoms with Crippen LogP contribution in [0.25, 0.3) is 0 Å². The highest BCUT2D eigenvalue weighted by atomic mass is 32.2. The maximum absolute atomic E-state index is 12.3. The van der Waals surface area contributed by atoms with Gasteiger partial charge < -0.3 is 0 Å². The van der Waals surface area contributed by atoms with Crippen LogP contribution in [-0.2, 0) is 10.8 Å². The van der Waals surface area contributed by atoms with Crippen molar-refractivity contribution in [1.29, 1.82) is 0 Å². The van der Waals surface area contributed by atoms with E-state index in [0.29, 0.717) is 0 Å². The third-order valence-electron chi connectivity index (χ3n) is 2.52. The van der Waals surface area contributed by atoms with Gasteiger partial charge in [-0.25, -0.2) is 4.21 Å². The van der Waals surface area contributed by atoms with Crippen molar-refractivity contribution >= 4 is 10.8 Å². The molecule has 0 aromatic heterocycles. The Morgan fingerprint density at radius 1 is 1.35 bits per heavy atom. The summed E-state index contributed by atoms with van der Waals surface area (Å²) in [7, 11) is -1.06. The van der Waals surface area contributed by atoms with Crippen molar-refractivity contribution in [2.45, 2.75) is 44.9 Å². The molecule has 2 heteroatoms. The SMILES string of the molecule is CC=C=C(CCCC)S(=O)c1ccc(C)cc1. The molecule has 0 bridgehead atoms. The maximum atomic E-state index is 12.3. The normalized spacial score (nSPS) is 11.7. The third-order valence-corrected chi connectivity index (χ3v) is 3.99. The van der Waals surface area contributed by atoms with Gasteiger partial charge in [-0.2, -0.15) is 0 Å². The third kappa shape index (κ3) is 4.33. The number of allylic oxidation sites excluding steroid dienone is 1. The van der Waals surface area contributed by atoms with Crippen LogP contribution < -0.4 is 0 Å². The van der Waals surface area contributed by atoms with Crippen molar-refractivity contribution in [3.63, 3.8) is 0 Å². The van der Waals surface area contributed by atoms with E-state index in [-0.39, 0.29) is 0 Å². The predicted molar refractivity (Wildman–Crippen MR) is 74.4 cm³/mol. The van der Waals surface area contributed by atoms with E-state index >= 15 is 0 Å². The van der Waals surface area contributed by atoms with Crippen molar-refractivity contribution in [2.75, 3.05) is 0 Å². The molecule has 0 fully saturated rings. The summed E-state index contributed by atoms with van der Waals surface area (Å²) < 4.78 is 12.3. The van der Waals surface area contributed by atoms with Gasteiger partial charge in [-0.3, -0.25) is 0 Å². The fourth-order valence-corrected chi connectivity index (χ4v) is 2.74. The molecule has 0 radical (unpaired) electrons. The van der Waals surface area contributed by atoms with Gasteiger partial charge in [-0.1, -0.05) is 31.0 Å². The quantitative estimate of drug-likeness (QED) is 0.708. The minimum Gasteiger partial charge on any atom is -0.249 e. The van der Waals surface area contributed by atoms with E-state index in [1.54, 1.807) is 0 Å². The minimum absolute atomic E-state index is 0.862. The lowest BCUT2D eigenvalue weighted by atomic mass is 10.2. The van der Waals surface area contributed by atoms with Gasteiger partial charge in [0.2, 0.25) is 0 Å². The van der Waals surface area contributed by atoms with Crippen molar-refractivity contribution in [1.82, 2.24) is 0 Å². The van der Waals surface area contributed by atoms with E-state index < -0.39 is 10.8 Å². The highest BCUT2D eigenvalue weighted by molar-refractivity contribution is 7.89. The van der Waals surface area contributed by atoms with Gasteiger partial charge in [-0.05, 0) is 44.9 Å². The van der Waals surface area contributed by atoms with E-state index in [2.05, 4.69) is 12.7 Å². The average molecular weight is 248 g/mol. The monoisotopic (exact) mass is 248 g/mol. The summed E-state index contributed by atoms with van der Waals surface area (Å²) in [6, 6.07) is 7.88. The van der Waals surface area contributed by atoms with Crippen molar-refractivity contribution < 1.29 is 4.21 Å². The van der Waals surface area contributed by atoms with Crippen LogP contribution in [-0.4, -0.2) is 4.21 Å². The first-order valence-corrected chi connectivity index (χ1v) is 7.22. The summed E-state index contributed by atoms with van der Waals surface area (Å²) in [4.78, 5) is 1.77. The van der Waals surface area contributed by atoms with Crippen LogP contribution in [0.2, 0.25) is 0 Å². The summed E-state index contributed by atoms with van der Waals surface area (Å²) in [6.07, 6.45) is 4.88. The van der Waals surface area contributed by atoms with Gasteiger partial charge in [-0.15, -0.1) is 5.73 Å². The Morgan fingerprint density at radius 3 is 2.53 bits per heavy atom. The molecular formula is C15H20OS. The number of benzene rings is 1. The summed E-state index contributed by atoms with van der Waals surface area (Å²) in [5.41, 5.74) is 4.31. The first-order chi connectivity index (χ1) is 8.19. The second-order valence-electron chi connectivity index (χ2n) is 4.04. The lowest BCUT2D eigenvalue weighted by Gasteiger charge is -2.05. The molecule has 0 spiro atoms. The van der Waals surface area contributed by atoms with E-state index in [0.717, 1.165) is 29.1 Å². The van der Waals surface area contributed by atoms with Crippen LogP contribution in [0.4, 0.5) is 0 Å². The zero-order valence-corrected chi connectivity index (χ0v) is 11.6. The van der Waals surface area contributed by atoms with Crippen LogP contribution in [0.1, 0.15) is 38.7 Å². The van der Waals surface area contributed by atoms with E-state index in [1.165, 1.54) is 5.56 Å². The van der Waals surface area contributed by atoms with Gasteiger partial charge in [0.1, 0.15) is 0 Å². The number of hydrogen-bond acceptors (Lipinski definition) is 1. The lowest BCUT2D eigenvalue weighted by Crippen LogP contribution is -1.96. The molecule has 0 aliphatic carbocycles. The number of aryl methyl sites for hydroxylation is 1. The molecule has 1 unspecified atom stereocenters. The topological polar surface area (TPSA) is 17.1 Å². The van der Waals surface area contributed by atoms with E-state index in [9.17, 15) is 4.21 Å². The fraction of sp³-hybridized carbons (Fsp3) is 0.400. The van der Waals surface area contributed by atoms with E-state index in [4.69, 9.17) is 0 Å².